The van der Waals surface area contributed by atoms with Gasteiger partial charge in [-0.2, -0.15) is 0 Å². The third-order valence-electron chi connectivity index (χ3n) is 1.78. The highest BCUT2D eigenvalue weighted by molar-refractivity contribution is 5.90. The molecule has 1 aliphatic rings. The second-order valence-corrected chi connectivity index (χ2v) is 2.66. The quantitative estimate of drug-likeness (QED) is 0.694. The zero-order valence-corrected chi connectivity index (χ0v) is 6.90. The summed E-state index contributed by atoms with van der Waals surface area (Å²) in [6.07, 6.45) is 1.46. The highest BCUT2D eigenvalue weighted by atomic mass is 16.7. The summed E-state index contributed by atoms with van der Waals surface area (Å²) in [5.74, 6) is -0.401. The van der Waals surface area contributed by atoms with Crippen molar-refractivity contribution in [2.45, 2.75) is 6.92 Å². The van der Waals surface area contributed by atoms with Crippen LogP contribution in [0.25, 0.3) is 0 Å². The van der Waals surface area contributed by atoms with Gasteiger partial charge in [0.2, 0.25) is 6.79 Å². The zero-order chi connectivity index (χ0) is 9.42. The summed E-state index contributed by atoms with van der Waals surface area (Å²) in [7, 11) is 0. The van der Waals surface area contributed by atoms with Crippen LogP contribution in [0, 0.1) is 6.92 Å². The molecule has 5 heteroatoms. The van der Waals surface area contributed by atoms with Gasteiger partial charge in [-0.15, -0.1) is 0 Å². The number of aromatic carboxylic acids is 1. The lowest BCUT2D eigenvalue weighted by atomic mass is 10.2. The maximum Gasteiger partial charge on any atom is 0.358 e. The molecule has 0 spiro atoms. The molecule has 5 nitrogen and oxygen atoms in total. The normalized spacial score (nSPS) is 13.0. The lowest BCUT2D eigenvalue weighted by Crippen LogP contribution is -2.02. The smallest absolute Gasteiger partial charge is 0.358 e. The molecule has 0 unspecified atom stereocenters. The van der Waals surface area contributed by atoms with Crippen LogP contribution in [-0.4, -0.2) is 22.9 Å². The second kappa shape index (κ2) is 2.62. The molecule has 0 saturated carbocycles. The fourth-order valence-corrected chi connectivity index (χ4v) is 1.18. The fraction of sp³-hybridized carbons (Fsp3) is 0.250. The van der Waals surface area contributed by atoms with Crippen LogP contribution in [0.1, 0.15) is 16.1 Å². The molecule has 2 heterocycles. The average Bonchev–Trinajstić information content (AvgIpc) is 2.53. The van der Waals surface area contributed by atoms with Gasteiger partial charge in [-0.3, -0.25) is 0 Å². The van der Waals surface area contributed by atoms with Crippen molar-refractivity contribution in [3.8, 4) is 11.5 Å². The monoisotopic (exact) mass is 181 g/mol. The van der Waals surface area contributed by atoms with Crippen molar-refractivity contribution in [3.63, 3.8) is 0 Å². The molecule has 0 aliphatic carbocycles. The van der Waals surface area contributed by atoms with E-state index in [9.17, 15) is 4.79 Å². The third kappa shape index (κ3) is 1.09. The minimum atomic E-state index is -1.11. The van der Waals surface area contributed by atoms with Crippen LogP contribution in [0.3, 0.4) is 0 Å². The van der Waals surface area contributed by atoms with Gasteiger partial charge < -0.3 is 14.6 Å². The number of aromatic nitrogens is 1. The first-order valence-corrected chi connectivity index (χ1v) is 3.68. The van der Waals surface area contributed by atoms with Gasteiger partial charge in [-0.05, 0) is 6.92 Å². The number of carboxylic acids is 1. The van der Waals surface area contributed by atoms with E-state index in [1.54, 1.807) is 6.92 Å². The lowest BCUT2D eigenvalue weighted by Gasteiger charge is -2.01. The maximum absolute atomic E-state index is 10.7. The molecule has 0 radical (unpaired) electrons. The first kappa shape index (κ1) is 7.85. The summed E-state index contributed by atoms with van der Waals surface area (Å²) in [4.78, 5) is 14.4. The highest BCUT2D eigenvalue weighted by Crippen LogP contribution is 2.36. The Labute approximate surface area is 73.9 Å². The summed E-state index contributed by atoms with van der Waals surface area (Å²) in [6, 6.07) is 0. The van der Waals surface area contributed by atoms with Crippen LogP contribution in [0.4, 0.5) is 0 Å². The molecule has 0 aromatic carbocycles. The van der Waals surface area contributed by atoms with E-state index in [-0.39, 0.29) is 18.2 Å². The van der Waals surface area contributed by atoms with E-state index >= 15 is 0 Å². The third-order valence-corrected chi connectivity index (χ3v) is 1.78. The van der Waals surface area contributed by atoms with Crippen LogP contribution in [0.5, 0.6) is 11.5 Å². The van der Waals surface area contributed by atoms with Crippen molar-refractivity contribution in [2.24, 2.45) is 0 Å². The molecule has 1 aromatic heterocycles. The van der Waals surface area contributed by atoms with E-state index in [4.69, 9.17) is 14.6 Å². The molecule has 1 N–H and O–H groups in total. The first-order chi connectivity index (χ1) is 6.20. The van der Waals surface area contributed by atoms with Crippen molar-refractivity contribution >= 4 is 5.97 Å². The summed E-state index contributed by atoms with van der Waals surface area (Å²) in [5, 5.41) is 8.74. The van der Waals surface area contributed by atoms with Gasteiger partial charge in [0.1, 0.15) is 0 Å². The van der Waals surface area contributed by atoms with Gasteiger partial charge in [-0.25, -0.2) is 9.78 Å². The summed E-state index contributed by atoms with van der Waals surface area (Å²) in [6.45, 7) is 1.84. The Morgan fingerprint density at radius 2 is 2.23 bits per heavy atom. The molecule has 13 heavy (non-hydrogen) atoms. The van der Waals surface area contributed by atoms with Gasteiger partial charge in [0.25, 0.3) is 0 Å². The number of fused-ring (bicyclic) bond motifs is 1. The van der Waals surface area contributed by atoms with Gasteiger partial charge >= 0.3 is 5.97 Å². The number of rotatable bonds is 1. The summed E-state index contributed by atoms with van der Waals surface area (Å²) in [5.41, 5.74) is 0.676. The standard InChI is InChI=1S/C8H7NO4/c1-4-2-9-5(8(10)11)7-6(4)12-3-13-7/h2H,3H2,1H3,(H,10,11). The van der Waals surface area contributed by atoms with Crippen LogP contribution in [-0.2, 0) is 0 Å². The van der Waals surface area contributed by atoms with E-state index in [0.717, 1.165) is 5.56 Å². The Balaban J connectivity index is 2.62. The SMILES string of the molecule is Cc1cnc(C(=O)O)c2c1OCO2. The number of carboxylic acid groups (broad SMARTS) is 1. The molecule has 2 rings (SSSR count). The Bertz CT molecular complexity index is 375. The van der Waals surface area contributed by atoms with Crippen molar-refractivity contribution in [2.75, 3.05) is 6.79 Å². The Hall–Kier alpha value is -1.78. The Morgan fingerprint density at radius 3 is 2.92 bits per heavy atom. The number of aryl methyl sites for hydroxylation is 1. The van der Waals surface area contributed by atoms with Gasteiger partial charge in [0.15, 0.2) is 17.2 Å². The topological polar surface area (TPSA) is 68.7 Å². The van der Waals surface area contributed by atoms with E-state index in [1.165, 1.54) is 6.20 Å². The van der Waals surface area contributed by atoms with E-state index in [2.05, 4.69) is 4.98 Å². The van der Waals surface area contributed by atoms with Crippen molar-refractivity contribution in [1.29, 1.82) is 0 Å². The molecule has 0 atom stereocenters. The van der Waals surface area contributed by atoms with E-state index < -0.39 is 5.97 Å². The molecule has 1 aliphatic heterocycles. The molecule has 0 amide bonds. The predicted octanol–water partition coefficient (Wildman–Crippen LogP) is 0.817. The molecule has 0 fully saturated rings. The van der Waals surface area contributed by atoms with Gasteiger partial charge in [-0.1, -0.05) is 0 Å². The Morgan fingerprint density at radius 1 is 1.54 bits per heavy atom. The van der Waals surface area contributed by atoms with Crippen molar-refractivity contribution < 1.29 is 19.4 Å². The van der Waals surface area contributed by atoms with E-state index in [0.29, 0.717) is 5.75 Å². The molecule has 0 saturated heterocycles. The number of ether oxygens (including phenoxy) is 2. The van der Waals surface area contributed by atoms with Crippen molar-refractivity contribution in [3.05, 3.63) is 17.5 Å². The number of hydrogen-bond acceptors (Lipinski definition) is 4. The van der Waals surface area contributed by atoms with Gasteiger partial charge in [0, 0.05) is 11.8 Å². The first-order valence-electron chi connectivity index (χ1n) is 3.68. The summed E-state index contributed by atoms with van der Waals surface area (Å²) < 4.78 is 10.1. The van der Waals surface area contributed by atoms with Crippen LogP contribution < -0.4 is 9.47 Å². The molecule has 68 valence electrons. The highest BCUT2D eigenvalue weighted by Gasteiger charge is 2.24. The Kier molecular flexibility index (Phi) is 1.58. The minimum absolute atomic E-state index is 0.0577. The van der Waals surface area contributed by atoms with Crippen molar-refractivity contribution in [1.82, 2.24) is 4.98 Å². The number of pyridine rings is 1. The molecule has 0 bridgehead atoms. The second-order valence-electron chi connectivity index (χ2n) is 2.66. The molecular weight excluding hydrogens is 174 g/mol. The number of hydrogen-bond donors (Lipinski definition) is 1. The fourth-order valence-electron chi connectivity index (χ4n) is 1.18. The summed E-state index contributed by atoms with van der Waals surface area (Å²) >= 11 is 0. The van der Waals surface area contributed by atoms with Gasteiger partial charge in [0.05, 0.1) is 0 Å². The maximum atomic E-state index is 10.7. The molecular formula is C8H7NO4. The number of nitrogens with zero attached hydrogens (tertiary/aromatic N) is 1. The largest absolute Gasteiger partial charge is 0.476 e. The number of carbonyl (C=O) groups is 1. The lowest BCUT2D eigenvalue weighted by molar-refractivity contribution is 0.0685. The predicted molar refractivity (Wildman–Crippen MR) is 42.1 cm³/mol. The van der Waals surface area contributed by atoms with Crippen LogP contribution in [0.2, 0.25) is 0 Å². The van der Waals surface area contributed by atoms with Crippen LogP contribution >= 0.6 is 0 Å². The van der Waals surface area contributed by atoms with E-state index in [1.807, 2.05) is 0 Å². The minimum Gasteiger partial charge on any atom is -0.476 e. The zero-order valence-electron chi connectivity index (χ0n) is 6.90. The molecule has 1 aromatic rings. The van der Waals surface area contributed by atoms with Crippen LogP contribution in [0.15, 0.2) is 6.20 Å². The average molecular weight is 181 g/mol.